The zero-order valence-corrected chi connectivity index (χ0v) is 13.0. The molecule has 100 valence electrons. The summed E-state index contributed by atoms with van der Waals surface area (Å²) in [5.74, 6) is 0. The van der Waals surface area contributed by atoms with Gasteiger partial charge in [-0.3, -0.25) is 0 Å². The van der Waals surface area contributed by atoms with Crippen LogP contribution < -0.4 is 0 Å². The normalized spacial score (nSPS) is 14.1. The van der Waals surface area contributed by atoms with Crippen LogP contribution in [0.1, 0.15) is 18.1 Å². The van der Waals surface area contributed by atoms with Gasteiger partial charge in [-0.15, -0.1) is 0 Å². The van der Waals surface area contributed by atoms with Crippen molar-refractivity contribution in [3.8, 4) is 0 Å². The first-order valence-corrected chi connectivity index (χ1v) is 7.22. The van der Waals surface area contributed by atoms with Gasteiger partial charge in [-0.05, 0) is 29.7 Å². The van der Waals surface area contributed by atoms with Crippen LogP contribution in [0.15, 0.2) is 59.1 Å². The molecular formula is C17H19BrO. The third-order valence-corrected chi connectivity index (χ3v) is 3.91. The lowest BCUT2D eigenvalue weighted by molar-refractivity contribution is 0.137. The summed E-state index contributed by atoms with van der Waals surface area (Å²) in [6.07, 6.45) is 0.970. The predicted octanol–water partition coefficient (Wildman–Crippen LogP) is 4.60. The molecule has 1 unspecified atom stereocenters. The molecule has 0 heterocycles. The summed E-state index contributed by atoms with van der Waals surface area (Å²) in [6, 6.07) is 19.1. The summed E-state index contributed by atoms with van der Waals surface area (Å²) < 4.78 is 6.57. The van der Waals surface area contributed by atoms with Crippen LogP contribution in [0, 0.1) is 0 Å². The van der Waals surface area contributed by atoms with E-state index in [1.54, 1.807) is 7.11 Å². The number of halogens is 1. The molecule has 2 rings (SSSR count). The maximum Gasteiger partial charge on any atom is 0.0559 e. The Bertz CT molecular complexity index is 524. The third kappa shape index (κ3) is 3.68. The minimum atomic E-state index is -0.0140. The molecular weight excluding hydrogens is 300 g/mol. The molecule has 2 heteroatoms. The zero-order chi connectivity index (χ0) is 13.7. The molecule has 0 saturated carbocycles. The van der Waals surface area contributed by atoms with E-state index in [0.717, 1.165) is 10.9 Å². The molecule has 0 aliphatic rings. The van der Waals surface area contributed by atoms with Gasteiger partial charge in [-0.2, -0.15) is 0 Å². The average Bonchev–Trinajstić information content (AvgIpc) is 2.40. The van der Waals surface area contributed by atoms with Crippen molar-refractivity contribution in [2.45, 2.75) is 18.8 Å². The Hall–Kier alpha value is -1.12. The smallest absolute Gasteiger partial charge is 0.0559 e. The van der Waals surface area contributed by atoms with Crippen molar-refractivity contribution in [3.63, 3.8) is 0 Å². The van der Waals surface area contributed by atoms with Crippen LogP contribution in [0.3, 0.4) is 0 Å². The highest BCUT2D eigenvalue weighted by molar-refractivity contribution is 9.10. The SMILES string of the molecule is COCC(C)(Cc1ccccc1)c1cccc(Br)c1. The highest BCUT2D eigenvalue weighted by Crippen LogP contribution is 2.30. The van der Waals surface area contributed by atoms with E-state index in [1.165, 1.54) is 11.1 Å². The van der Waals surface area contributed by atoms with Crippen molar-refractivity contribution in [2.75, 3.05) is 13.7 Å². The van der Waals surface area contributed by atoms with Crippen molar-refractivity contribution in [1.29, 1.82) is 0 Å². The summed E-state index contributed by atoms with van der Waals surface area (Å²) in [6.45, 7) is 2.96. The standard InChI is InChI=1S/C17H19BrO/c1-17(13-19-2,12-14-7-4-3-5-8-14)15-9-6-10-16(18)11-15/h3-11H,12-13H2,1-2H3. The minimum absolute atomic E-state index is 0.0140. The molecule has 0 radical (unpaired) electrons. The summed E-state index contributed by atoms with van der Waals surface area (Å²) in [7, 11) is 1.77. The number of hydrogen-bond donors (Lipinski definition) is 0. The van der Waals surface area contributed by atoms with Crippen molar-refractivity contribution in [1.82, 2.24) is 0 Å². The van der Waals surface area contributed by atoms with E-state index in [0.29, 0.717) is 6.61 Å². The monoisotopic (exact) mass is 318 g/mol. The molecule has 0 aromatic heterocycles. The van der Waals surface area contributed by atoms with E-state index in [-0.39, 0.29) is 5.41 Å². The molecule has 2 aromatic carbocycles. The Kier molecular flexibility index (Phi) is 4.78. The molecule has 0 fully saturated rings. The Morgan fingerprint density at radius 3 is 2.42 bits per heavy atom. The van der Waals surface area contributed by atoms with Crippen LogP contribution in [0.4, 0.5) is 0 Å². The van der Waals surface area contributed by atoms with Crippen LogP contribution in [-0.4, -0.2) is 13.7 Å². The van der Waals surface area contributed by atoms with Crippen molar-refractivity contribution in [3.05, 3.63) is 70.2 Å². The fourth-order valence-electron chi connectivity index (χ4n) is 2.47. The Morgan fingerprint density at radius 2 is 1.79 bits per heavy atom. The van der Waals surface area contributed by atoms with Crippen LogP contribution in [0.5, 0.6) is 0 Å². The van der Waals surface area contributed by atoms with E-state index >= 15 is 0 Å². The lowest BCUT2D eigenvalue weighted by atomic mass is 9.78. The molecule has 0 bridgehead atoms. The number of hydrogen-bond acceptors (Lipinski definition) is 1. The highest BCUT2D eigenvalue weighted by Gasteiger charge is 2.27. The second-order valence-electron chi connectivity index (χ2n) is 5.17. The van der Waals surface area contributed by atoms with E-state index in [9.17, 15) is 0 Å². The van der Waals surface area contributed by atoms with Crippen LogP contribution in [0.2, 0.25) is 0 Å². The van der Waals surface area contributed by atoms with Gasteiger partial charge in [0.1, 0.15) is 0 Å². The lowest BCUT2D eigenvalue weighted by Gasteiger charge is -2.30. The van der Waals surface area contributed by atoms with E-state index < -0.39 is 0 Å². The molecule has 1 nitrogen and oxygen atoms in total. The summed E-state index contributed by atoms with van der Waals surface area (Å²) in [5.41, 5.74) is 2.62. The molecule has 1 atom stereocenters. The lowest BCUT2D eigenvalue weighted by Crippen LogP contribution is -2.30. The molecule has 0 aliphatic heterocycles. The minimum Gasteiger partial charge on any atom is -0.384 e. The quantitative estimate of drug-likeness (QED) is 0.783. The number of ether oxygens (including phenoxy) is 1. The van der Waals surface area contributed by atoms with Crippen LogP contribution in [-0.2, 0) is 16.6 Å². The van der Waals surface area contributed by atoms with Gasteiger partial charge in [-0.25, -0.2) is 0 Å². The molecule has 19 heavy (non-hydrogen) atoms. The van der Waals surface area contributed by atoms with Crippen molar-refractivity contribution in [2.24, 2.45) is 0 Å². The largest absolute Gasteiger partial charge is 0.384 e. The van der Waals surface area contributed by atoms with Gasteiger partial charge < -0.3 is 4.74 Å². The Balaban J connectivity index is 2.32. The Morgan fingerprint density at radius 1 is 1.05 bits per heavy atom. The summed E-state index contributed by atoms with van der Waals surface area (Å²) in [4.78, 5) is 0. The van der Waals surface area contributed by atoms with Crippen LogP contribution in [0.25, 0.3) is 0 Å². The molecule has 0 N–H and O–H groups in total. The predicted molar refractivity (Wildman–Crippen MR) is 83.5 cm³/mol. The van der Waals surface area contributed by atoms with Crippen molar-refractivity contribution >= 4 is 15.9 Å². The topological polar surface area (TPSA) is 9.23 Å². The summed E-state index contributed by atoms with van der Waals surface area (Å²) in [5, 5.41) is 0. The Labute approximate surface area is 123 Å². The van der Waals surface area contributed by atoms with Gasteiger partial charge in [0.15, 0.2) is 0 Å². The fraction of sp³-hybridized carbons (Fsp3) is 0.294. The van der Waals surface area contributed by atoms with E-state index in [4.69, 9.17) is 4.74 Å². The van der Waals surface area contributed by atoms with E-state index in [2.05, 4.69) is 77.5 Å². The highest BCUT2D eigenvalue weighted by atomic mass is 79.9. The van der Waals surface area contributed by atoms with Gasteiger partial charge in [0.2, 0.25) is 0 Å². The van der Waals surface area contributed by atoms with Gasteiger partial charge in [0.05, 0.1) is 6.61 Å². The fourth-order valence-corrected chi connectivity index (χ4v) is 2.86. The second-order valence-corrected chi connectivity index (χ2v) is 6.08. The number of rotatable bonds is 5. The van der Waals surface area contributed by atoms with Gasteiger partial charge in [0, 0.05) is 17.0 Å². The number of benzene rings is 2. The maximum atomic E-state index is 5.46. The first kappa shape index (κ1) is 14.3. The van der Waals surface area contributed by atoms with Gasteiger partial charge in [-0.1, -0.05) is 65.3 Å². The average molecular weight is 319 g/mol. The molecule has 0 spiro atoms. The maximum absolute atomic E-state index is 5.46. The van der Waals surface area contributed by atoms with Crippen LogP contribution >= 0.6 is 15.9 Å². The first-order chi connectivity index (χ1) is 9.14. The zero-order valence-electron chi connectivity index (χ0n) is 11.4. The first-order valence-electron chi connectivity index (χ1n) is 6.43. The van der Waals surface area contributed by atoms with E-state index in [1.807, 2.05) is 0 Å². The molecule has 0 aliphatic carbocycles. The number of methoxy groups -OCH3 is 1. The molecule has 2 aromatic rings. The summed E-state index contributed by atoms with van der Waals surface area (Å²) >= 11 is 3.55. The second kappa shape index (κ2) is 6.36. The molecule has 0 saturated heterocycles. The van der Waals surface area contributed by atoms with Crippen molar-refractivity contribution < 1.29 is 4.74 Å². The van der Waals surface area contributed by atoms with Gasteiger partial charge >= 0.3 is 0 Å². The molecule has 0 amide bonds. The van der Waals surface area contributed by atoms with Gasteiger partial charge in [0.25, 0.3) is 0 Å². The third-order valence-electron chi connectivity index (χ3n) is 3.42.